The standard InChI is InChI=1S/C19H16INO4/c20-14-4-2-1-3-12(14)18(22)13-9-16-17(25-8-7-24-16)10-15(13)21-19(23)11-5-6-11/h1-4,9-11H,5-8H2,(H,21,23). The maximum absolute atomic E-state index is 13.1. The molecule has 1 aliphatic carbocycles. The van der Waals surface area contributed by atoms with E-state index in [1.54, 1.807) is 18.2 Å². The van der Waals surface area contributed by atoms with E-state index in [2.05, 4.69) is 27.9 Å². The average molecular weight is 449 g/mol. The lowest BCUT2D eigenvalue weighted by Gasteiger charge is -2.21. The van der Waals surface area contributed by atoms with Crippen LogP contribution in [0.15, 0.2) is 36.4 Å². The zero-order chi connectivity index (χ0) is 17.4. The molecular formula is C19H16INO4. The van der Waals surface area contributed by atoms with Crippen LogP contribution in [0.4, 0.5) is 5.69 Å². The van der Waals surface area contributed by atoms with Gasteiger partial charge < -0.3 is 14.8 Å². The molecule has 0 aromatic heterocycles. The van der Waals surface area contributed by atoms with Gasteiger partial charge in [-0.15, -0.1) is 0 Å². The van der Waals surface area contributed by atoms with Crippen molar-refractivity contribution >= 4 is 40.0 Å². The third-order valence-electron chi connectivity index (χ3n) is 4.25. The number of carbonyl (C=O) groups excluding carboxylic acids is 2. The minimum Gasteiger partial charge on any atom is -0.486 e. The molecule has 0 unspecified atom stereocenters. The van der Waals surface area contributed by atoms with Crippen LogP contribution in [-0.4, -0.2) is 24.9 Å². The molecule has 2 aromatic rings. The van der Waals surface area contributed by atoms with Gasteiger partial charge in [0.05, 0.1) is 11.3 Å². The van der Waals surface area contributed by atoms with Gasteiger partial charge in [-0.25, -0.2) is 0 Å². The first-order chi connectivity index (χ1) is 12.1. The Morgan fingerprint density at radius 2 is 1.68 bits per heavy atom. The molecule has 0 saturated heterocycles. The van der Waals surface area contributed by atoms with E-state index in [4.69, 9.17) is 9.47 Å². The summed E-state index contributed by atoms with van der Waals surface area (Å²) >= 11 is 2.14. The molecule has 1 amide bonds. The first-order valence-corrected chi connectivity index (χ1v) is 9.25. The molecule has 5 nitrogen and oxygen atoms in total. The van der Waals surface area contributed by atoms with Gasteiger partial charge in [-0.2, -0.15) is 0 Å². The minimum atomic E-state index is -0.145. The number of anilines is 1. The van der Waals surface area contributed by atoms with Gasteiger partial charge in [0.15, 0.2) is 17.3 Å². The molecule has 1 aliphatic heterocycles. The number of carbonyl (C=O) groups is 2. The van der Waals surface area contributed by atoms with Gasteiger partial charge >= 0.3 is 0 Å². The van der Waals surface area contributed by atoms with Gasteiger partial charge in [-0.1, -0.05) is 12.1 Å². The first-order valence-electron chi connectivity index (χ1n) is 8.17. The second-order valence-electron chi connectivity index (χ2n) is 6.11. The number of hydrogen-bond donors (Lipinski definition) is 1. The summed E-state index contributed by atoms with van der Waals surface area (Å²) in [5.74, 6) is 0.941. The topological polar surface area (TPSA) is 64.6 Å². The molecule has 0 spiro atoms. The molecule has 2 aromatic carbocycles. The highest BCUT2D eigenvalue weighted by molar-refractivity contribution is 14.1. The number of rotatable bonds is 4. The normalized spacial score (nSPS) is 15.6. The van der Waals surface area contributed by atoms with Gasteiger partial charge in [0.25, 0.3) is 0 Å². The van der Waals surface area contributed by atoms with Crippen molar-refractivity contribution in [2.45, 2.75) is 12.8 Å². The van der Waals surface area contributed by atoms with Gasteiger partial charge in [0.2, 0.25) is 5.91 Å². The fourth-order valence-electron chi connectivity index (χ4n) is 2.75. The first kappa shape index (κ1) is 16.4. The van der Waals surface area contributed by atoms with Crippen molar-refractivity contribution in [1.82, 2.24) is 0 Å². The van der Waals surface area contributed by atoms with Crippen LogP contribution in [0.2, 0.25) is 0 Å². The molecule has 25 heavy (non-hydrogen) atoms. The van der Waals surface area contributed by atoms with Crippen LogP contribution in [0.3, 0.4) is 0 Å². The third-order valence-corrected chi connectivity index (χ3v) is 5.19. The average Bonchev–Trinajstić information content (AvgIpc) is 3.46. The predicted molar refractivity (Wildman–Crippen MR) is 101 cm³/mol. The zero-order valence-corrected chi connectivity index (χ0v) is 15.5. The van der Waals surface area contributed by atoms with Gasteiger partial charge in [-0.05, 0) is 53.6 Å². The lowest BCUT2D eigenvalue weighted by molar-refractivity contribution is -0.117. The van der Waals surface area contributed by atoms with Gasteiger partial charge in [0.1, 0.15) is 13.2 Å². The molecule has 2 aliphatic rings. The monoisotopic (exact) mass is 449 g/mol. The van der Waals surface area contributed by atoms with Crippen molar-refractivity contribution in [3.05, 3.63) is 51.1 Å². The van der Waals surface area contributed by atoms with Crippen LogP contribution in [0, 0.1) is 9.49 Å². The van der Waals surface area contributed by atoms with Crippen molar-refractivity contribution in [2.24, 2.45) is 5.92 Å². The summed E-state index contributed by atoms with van der Waals surface area (Å²) in [6.07, 6.45) is 1.80. The Morgan fingerprint density at radius 1 is 1.00 bits per heavy atom. The summed E-state index contributed by atoms with van der Waals surface area (Å²) in [4.78, 5) is 25.3. The van der Waals surface area contributed by atoms with E-state index in [1.165, 1.54) is 0 Å². The van der Waals surface area contributed by atoms with Crippen LogP contribution >= 0.6 is 22.6 Å². The van der Waals surface area contributed by atoms with E-state index in [0.29, 0.717) is 41.5 Å². The van der Waals surface area contributed by atoms with Crippen molar-refractivity contribution in [1.29, 1.82) is 0 Å². The Hall–Kier alpha value is -2.09. The summed E-state index contributed by atoms with van der Waals surface area (Å²) in [6, 6.07) is 10.7. The summed E-state index contributed by atoms with van der Waals surface area (Å²) in [5, 5.41) is 2.89. The largest absolute Gasteiger partial charge is 0.486 e. The molecule has 1 heterocycles. The Bertz CT molecular complexity index is 860. The quantitative estimate of drug-likeness (QED) is 0.572. The van der Waals surface area contributed by atoms with E-state index in [1.807, 2.05) is 18.2 Å². The second-order valence-corrected chi connectivity index (χ2v) is 7.28. The Labute approximate surface area is 158 Å². The lowest BCUT2D eigenvalue weighted by atomic mass is 10.0. The summed E-state index contributed by atoms with van der Waals surface area (Å²) in [6.45, 7) is 0.893. The maximum atomic E-state index is 13.1. The molecule has 0 radical (unpaired) electrons. The highest BCUT2D eigenvalue weighted by atomic mass is 127. The van der Waals surface area contributed by atoms with E-state index < -0.39 is 0 Å². The van der Waals surface area contributed by atoms with Crippen molar-refractivity contribution in [3.63, 3.8) is 0 Å². The molecule has 0 bridgehead atoms. The number of benzene rings is 2. The predicted octanol–water partition coefficient (Wildman–Crippen LogP) is 3.64. The Kier molecular flexibility index (Phi) is 4.37. The number of ketones is 1. The van der Waals surface area contributed by atoms with Crippen molar-refractivity contribution in [3.8, 4) is 11.5 Å². The Morgan fingerprint density at radius 3 is 2.36 bits per heavy atom. The zero-order valence-electron chi connectivity index (χ0n) is 13.4. The smallest absolute Gasteiger partial charge is 0.227 e. The molecule has 4 rings (SSSR count). The van der Waals surface area contributed by atoms with Crippen LogP contribution in [0.25, 0.3) is 0 Å². The minimum absolute atomic E-state index is 0.0477. The number of hydrogen-bond acceptors (Lipinski definition) is 4. The number of fused-ring (bicyclic) bond motifs is 1. The van der Waals surface area contributed by atoms with Crippen LogP contribution < -0.4 is 14.8 Å². The van der Waals surface area contributed by atoms with Crippen molar-refractivity contribution < 1.29 is 19.1 Å². The van der Waals surface area contributed by atoms with Crippen LogP contribution in [0.5, 0.6) is 11.5 Å². The summed E-state index contributed by atoms with van der Waals surface area (Å²) < 4.78 is 12.1. The maximum Gasteiger partial charge on any atom is 0.227 e. The molecule has 1 N–H and O–H groups in total. The van der Waals surface area contributed by atoms with E-state index in [0.717, 1.165) is 16.4 Å². The van der Waals surface area contributed by atoms with E-state index in [9.17, 15) is 9.59 Å². The number of halogens is 1. The molecule has 1 saturated carbocycles. The SMILES string of the molecule is O=C(c1ccccc1I)c1cc2c(cc1NC(=O)C1CC1)OCCO2. The van der Waals surface area contributed by atoms with Crippen molar-refractivity contribution in [2.75, 3.05) is 18.5 Å². The van der Waals surface area contributed by atoms with Gasteiger partial charge in [-0.3, -0.25) is 9.59 Å². The van der Waals surface area contributed by atoms with E-state index >= 15 is 0 Å². The molecular weight excluding hydrogens is 433 g/mol. The fraction of sp³-hybridized carbons (Fsp3) is 0.263. The highest BCUT2D eigenvalue weighted by Gasteiger charge is 2.31. The molecule has 1 fully saturated rings. The van der Waals surface area contributed by atoms with Crippen LogP contribution in [-0.2, 0) is 4.79 Å². The molecule has 6 heteroatoms. The van der Waals surface area contributed by atoms with Gasteiger partial charge in [0, 0.05) is 21.1 Å². The van der Waals surface area contributed by atoms with Crippen LogP contribution in [0.1, 0.15) is 28.8 Å². The lowest BCUT2D eigenvalue weighted by Crippen LogP contribution is -2.20. The summed E-state index contributed by atoms with van der Waals surface area (Å²) in [5.41, 5.74) is 1.50. The number of ether oxygens (including phenoxy) is 2. The fourth-order valence-corrected chi connectivity index (χ4v) is 3.38. The number of amides is 1. The third kappa shape index (κ3) is 3.35. The number of nitrogens with one attached hydrogen (secondary N) is 1. The second kappa shape index (κ2) is 6.67. The summed E-state index contributed by atoms with van der Waals surface area (Å²) in [7, 11) is 0. The molecule has 128 valence electrons. The van der Waals surface area contributed by atoms with E-state index in [-0.39, 0.29) is 17.6 Å². The highest BCUT2D eigenvalue weighted by Crippen LogP contribution is 2.38. The molecule has 0 atom stereocenters. The Balaban J connectivity index is 1.77.